The van der Waals surface area contributed by atoms with E-state index in [4.69, 9.17) is 5.73 Å². The highest BCUT2D eigenvalue weighted by atomic mass is 32.2. The third-order valence-electron chi connectivity index (χ3n) is 1.32. The zero-order valence-electron chi connectivity index (χ0n) is 8.72. The molecule has 0 bridgehead atoms. The smallest absolute Gasteiger partial charge is 0.0463 e. The summed E-state index contributed by atoms with van der Waals surface area (Å²) in [5, 5.41) is 0. The van der Waals surface area contributed by atoms with Crippen molar-refractivity contribution in [2.75, 3.05) is 16.7 Å². The highest BCUT2D eigenvalue weighted by Crippen LogP contribution is 2.17. The van der Waals surface area contributed by atoms with Crippen LogP contribution in [0.2, 0.25) is 0 Å². The fourth-order valence-electron chi connectivity index (χ4n) is 0.990. The van der Waals surface area contributed by atoms with Gasteiger partial charge in [-0.1, -0.05) is 25.8 Å². The number of aryl methyl sites for hydroxylation is 1. The Morgan fingerprint density at radius 1 is 1.23 bits per heavy atom. The van der Waals surface area contributed by atoms with E-state index in [9.17, 15) is 0 Å². The van der Waals surface area contributed by atoms with Gasteiger partial charge in [-0.25, -0.2) is 0 Å². The molecule has 74 valence electrons. The van der Waals surface area contributed by atoms with Crippen LogP contribution in [0.1, 0.15) is 19.4 Å². The number of rotatable bonds is 2. The molecule has 0 atom stereocenters. The van der Waals surface area contributed by atoms with Crippen LogP contribution in [0, 0.1) is 6.92 Å². The number of hydrogen-bond acceptors (Lipinski definition) is 3. The largest absolute Gasteiger partial charge is 0.399 e. The molecule has 0 amide bonds. The van der Waals surface area contributed by atoms with Crippen LogP contribution in [-0.2, 0) is 0 Å². The maximum Gasteiger partial charge on any atom is 0.0463 e. The fraction of sp³-hybridized carbons (Fsp3) is 0.400. The van der Waals surface area contributed by atoms with E-state index in [0.717, 1.165) is 11.4 Å². The van der Waals surface area contributed by atoms with Crippen molar-refractivity contribution in [3.8, 4) is 0 Å². The van der Waals surface area contributed by atoms with Gasteiger partial charge in [0.2, 0.25) is 0 Å². The van der Waals surface area contributed by atoms with E-state index in [-0.39, 0.29) is 0 Å². The van der Waals surface area contributed by atoms with Crippen LogP contribution in [0.3, 0.4) is 0 Å². The van der Waals surface area contributed by atoms with E-state index in [2.05, 4.69) is 10.8 Å². The van der Waals surface area contributed by atoms with Crippen molar-refractivity contribution >= 4 is 23.3 Å². The second-order valence-corrected chi connectivity index (χ2v) is 3.05. The van der Waals surface area contributed by atoms with Gasteiger partial charge in [0.1, 0.15) is 0 Å². The first-order valence-electron chi connectivity index (χ1n) is 4.38. The summed E-state index contributed by atoms with van der Waals surface area (Å²) in [6, 6.07) is 5.93. The molecule has 0 aliphatic rings. The van der Waals surface area contributed by atoms with Gasteiger partial charge in [-0.3, -0.25) is 0 Å². The summed E-state index contributed by atoms with van der Waals surface area (Å²) in [7, 11) is 0. The molecule has 0 spiro atoms. The molecule has 3 N–H and O–H groups in total. The number of hydrogen-bond donors (Lipinski definition) is 2. The molecule has 0 aliphatic carbocycles. The van der Waals surface area contributed by atoms with Gasteiger partial charge >= 0.3 is 0 Å². The van der Waals surface area contributed by atoms with Crippen LogP contribution in [0.5, 0.6) is 0 Å². The SMILES string of the molecule is CC.CSNc1cc(C)cc(N)c1. The molecule has 0 saturated heterocycles. The quantitative estimate of drug-likeness (QED) is 0.565. The minimum absolute atomic E-state index is 0.807. The molecular weight excluding hydrogens is 180 g/mol. The Kier molecular flexibility index (Phi) is 6.24. The van der Waals surface area contributed by atoms with Crippen LogP contribution in [-0.4, -0.2) is 6.26 Å². The van der Waals surface area contributed by atoms with E-state index in [0.29, 0.717) is 0 Å². The summed E-state index contributed by atoms with van der Waals surface area (Å²) in [4.78, 5) is 0. The molecule has 1 rings (SSSR count). The lowest BCUT2D eigenvalue weighted by Gasteiger charge is -2.04. The van der Waals surface area contributed by atoms with E-state index in [1.54, 1.807) is 11.9 Å². The summed E-state index contributed by atoms with van der Waals surface area (Å²) in [6.07, 6.45) is 1.98. The zero-order valence-corrected chi connectivity index (χ0v) is 9.53. The Morgan fingerprint density at radius 3 is 2.31 bits per heavy atom. The predicted molar refractivity (Wildman–Crippen MR) is 64.1 cm³/mol. The average Bonchev–Trinajstić information content (AvgIpc) is 2.06. The number of nitrogen functional groups attached to an aromatic ring is 1. The van der Waals surface area contributed by atoms with E-state index in [1.807, 2.05) is 39.2 Å². The normalized spacial score (nSPS) is 8.62. The minimum atomic E-state index is 0.807. The van der Waals surface area contributed by atoms with Crippen molar-refractivity contribution in [1.29, 1.82) is 0 Å². The van der Waals surface area contributed by atoms with Gasteiger partial charge in [-0.2, -0.15) is 0 Å². The van der Waals surface area contributed by atoms with Gasteiger partial charge in [0.25, 0.3) is 0 Å². The molecule has 1 aromatic rings. The van der Waals surface area contributed by atoms with Crippen molar-refractivity contribution in [2.45, 2.75) is 20.8 Å². The van der Waals surface area contributed by atoms with E-state index < -0.39 is 0 Å². The number of nitrogens with one attached hydrogen (secondary N) is 1. The first kappa shape index (κ1) is 12.2. The van der Waals surface area contributed by atoms with Crippen LogP contribution < -0.4 is 10.5 Å². The molecule has 0 heterocycles. The molecule has 0 unspecified atom stereocenters. The summed E-state index contributed by atoms with van der Waals surface area (Å²) >= 11 is 1.57. The lowest BCUT2D eigenvalue weighted by Crippen LogP contribution is -1.90. The minimum Gasteiger partial charge on any atom is -0.399 e. The van der Waals surface area contributed by atoms with Crippen molar-refractivity contribution in [3.05, 3.63) is 23.8 Å². The third kappa shape index (κ3) is 4.68. The second-order valence-electron chi connectivity index (χ2n) is 2.44. The molecule has 0 radical (unpaired) electrons. The van der Waals surface area contributed by atoms with Crippen molar-refractivity contribution in [1.82, 2.24) is 0 Å². The molecule has 0 aliphatic heterocycles. The van der Waals surface area contributed by atoms with Gasteiger partial charge in [0.15, 0.2) is 0 Å². The second kappa shape index (κ2) is 6.66. The average molecular weight is 198 g/mol. The van der Waals surface area contributed by atoms with Gasteiger partial charge in [0.05, 0.1) is 0 Å². The Morgan fingerprint density at radius 2 is 1.85 bits per heavy atom. The summed E-state index contributed by atoms with van der Waals surface area (Å²) in [6.45, 7) is 6.03. The van der Waals surface area contributed by atoms with Crippen molar-refractivity contribution in [3.63, 3.8) is 0 Å². The number of anilines is 2. The molecule has 0 aromatic heterocycles. The topological polar surface area (TPSA) is 38.0 Å². The van der Waals surface area contributed by atoms with Gasteiger partial charge < -0.3 is 10.5 Å². The van der Waals surface area contributed by atoms with E-state index in [1.165, 1.54) is 5.56 Å². The molecule has 1 aromatic carbocycles. The maximum atomic E-state index is 5.64. The highest BCUT2D eigenvalue weighted by molar-refractivity contribution is 7.99. The monoisotopic (exact) mass is 198 g/mol. The molecule has 0 saturated carbocycles. The van der Waals surface area contributed by atoms with Crippen molar-refractivity contribution < 1.29 is 0 Å². The first-order valence-corrected chi connectivity index (χ1v) is 5.61. The van der Waals surface area contributed by atoms with Gasteiger partial charge in [-0.15, -0.1) is 0 Å². The molecule has 13 heavy (non-hydrogen) atoms. The number of benzene rings is 1. The standard InChI is InChI=1S/C8H12N2S.C2H6/c1-6-3-7(9)5-8(4-6)10-11-2;1-2/h3-5,10H,9H2,1-2H3;1-2H3. The lowest BCUT2D eigenvalue weighted by atomic mass is 10.2. The Hall–Kier alpha value is -0.830. The highest BCUT2D eigenvalue weighted by Gasteiger charge is 1.93. The van der Waals surface area contributed by atoms with Gasteiger partial charge in [-0.05, 0) is 30.7 Å². The zero-order chi connectivity index (χ0) is 10.3. The molecule has 3 heteroatoms. The first-order chi connectivity index (χ1) is 6.22. The predicted octanol–water partition coefficient (Wildman–Crippen LogP) is 3.29. The Labute approximate surface area is 85.0 Å². The number of nitrogens with two attached hydrogens (primary N) is 1. The van der Waals surface area contributed by atoms with Crippen LogP contribution in [0.15, 0.2) is 18.2 Å². The Balaban J connectivity index is 0.000000671. The molecular formula is C10H18N2S. The summed E-state index contributed by atoms with van der Waals surface area (Å²) in [5.41, 5.74) is 8.69. The van der Waals surface area contributed by atoms with E-state index >= 15 is 0 Å². The third-order valence-corrected chi connectivity index (χ3v) is 1.76. The summed E-state index contributed by atoms with van der Waals surface area (Å²) in [5.74, 6) is 0. The van der Waals surface area contributed by atoms with Crippen molar-refractivity contribution in [2.24, 2.45) is 0 Å². The maximum absolute atomic E-state index is 5.64. The fourth-order valence-corrected chi connectivity index (χ4v) is 1.34. The van der Waals surface area contributed by atoms with Crippen LogP contribution in [0.25, 0.3) is 0 Å². The van der Waals surface area contributed by atoms with Crippen LogP contribution >= 0.6 is 11.9 Å². The lowest BCUT2D eigenvalue weighted by molar-refractivity contribution is 1.47. The molecule has 2 nitrogen and oxygen atoms in total. The molecule has 0 fully saturated rings. The van der Waals surface area contributed by atoms with Crippen LogP contribution in [0.4, 0.5) is 11.4 Å². The summed E-state index contributed by atoms with van der Waals surface area (Å²) < 4.78 is 3.13. The van der Waals surface area contributed by atoms with Gasteiger partial charge in [0, 0.05) is 17.6 Å². The Bertz CT molecular complexity index is 228.